The molecule has 0 heterocycles. The number of carbonyl (C=O) groups is 1. The molecule has 2 nitrogen and oxygen atoms in total. The lowest BCUT2D eigenvalue weighted by molar-refractivity contribution is 0.0945. The van der Waals surface area contributed by atoms with E-state index in [-0.39, 0.29) is 17.5 Å². The summed E-state index contributed by atoms with van der Waals surface area (Å²) in [7, 11) is 0. The van der Waals surface area contributed by atoms with Gasteiger partial charge in [-0.2, -0.15) is 0 Å². The zero-order valence-electron chi connectivity index (χ0n) is 8.26. The van der Waals surface area contributed by atoms with Gasteiger partial charge in [0.05, 0.1) is 5.56 Å². The molecule has 1 aliphatic carbocycles. The van der Waals surface area contributed by atoms with Crippen molar-refractivity contribution in [2.75, 3.05) is 0 Å². The van der Waals surface area contributed by atoms with Crippen molar-refractivity contribution in [1.82, 2.24) is 5.32 Å². The second-order valence-corrected chi connectivity index (χ2v) is 4.83. The van der Waals surface area contributed by atoms with Crippen LogP contribution in [0, 0.1) is 11.7 Å². The van der Waals surface area contributed by atoms with Gasteiger partial charge in [0.1, 0.15) is 5.82 Å². The largest absolute Gasteiger partial charge is 0.349 e. The topological polar surface area (TPSA) is 29.1 Å². The lowest BCUT2D eigenvalue weighted by Crippen LogP contribution is -2.27. The first kappa shape index (κ1) is 10.6. The minimum absolute atomic E-state index is 0.109. The number of benzene rings is 1. The molecule has 1 amide bonds. The molecular weight excluding hydrogens is 261 g/mol. The number of hydrogen-bond donors (Lipinski definition) is 1. The van der Waals surface area contributed by atoms with Gasteiger partial charge >= 0.3 is 0 Å². The van der Waals surface area contributed by atoms with Gasteiger partial charge < -0.3 is 5.32 Å². The number of hydrogen-bond acceptors (Lipinski definition) is 1. The molecule has 1 aromatic carbocycles. The zero-order valence-corrected chi connectivity index (χ0v) is 9.84. The molecule has 1 saturated carbocycles. The van der Waals surface area contributed by atoms with Crippen molar-refractivity contribution in [3.8, 4) is 0 Å². The fourth-order valence-corrected chi connectivity index (χ4v) is 1.78. The third-order valence-corrected chi connectivity index (χ3v) is 3.09. The Bertz CT molecular complexity index is 408. The van der Waals surface area contributed by atoms with E-state index in [1.807, 2.05) is 0 Å². The lowest BCUT2D eigenvalue weighted by Gasteiger charge is -2.05. The Hall–Kier alpha value is -0.900. The molecule has 0 radical (unpaired) electrons. The summed E-state index contributed by atoms with van der Waals surface area (Å²) in [5.74, 6) is -0.294. The van der Waals surface area contributed by atoms with Crippen LogP contribution in [-0.4, -0.2) is 11.9 Å². The van der Waals surface area contributed by atoms with Crippen molar-refractivity contribution >= 4 is 21.8 Å². The molecule has 1 fully saturated rings. The Kier molecular flexibility index (Phi) is 2.78. The molecule has 15 heavy (non-hydrogen) atoms. The van der Waals surface area contributed by atoms with Gasteiger partial charge in [0, 0.05) is 10.5 Å². The van der Waals surface area contributed by atoms with Gasteiger partial charge in [-0.15, -0.1) is 0 Å². The van der Waals surface area contributed by atoms with Crippen LogP contribution < -0.4 is 5.32 Å². The van der Waals surface area contributed by atoms with Crippen LogP contribution in [0.15, 0.2) is 22.7 Å². The summed E-state index contributed by atoms with van der Waals surface area (Å²) >= 11 is 3.15. The summed E-state index contributed by atoms with van der Waals surface area (Å²) in [5.41, 5.74) is 0.109. The molecule has 0 saturated heterocycles. The van der Waals surface area contributed by atoms with Crippen LogP contribution in [0.4, 0.5) is 4.39 Å². The van der Waals surface area contributed by atoms with Crippen LogP contribution in [0.2, 0.25) is 0 Å². The molecule has 2 rings (SSSR count). The average Bonchev–Trinajstić information content (AvgIpc) is 2.81. The normalized spacial score (nSPS) is 23.7. The summed E-state index contributed by atoms with van der Waals surface area (Å²) < 4.78 is 14.0. The van der Waals surface area contributed by atoms with E-state index in [1.165, 1.54) is 12.1 Å². The molecular formula is C11H11BrFNO. The van der Waals surface area contributed by atoms with Gasteiger partial charge in [0.25, 0.3) is 5.91 Å². The molecule has 0 spiro atoms. The maximum atomic E-state index is 13.4. The first-order valence-corrected chi connectivity index (χ1v) is 5.63. The van der Waals surface area contributed by atoms with E-state index < -0.39 is 5.82 Å². The van der Waals surface area contributed by atoms with E-state index in [2.05, 4.69) is 28.2 Å². The molecule has 0 aromatic heterocycles. The minimum atomic E-state index is -0.491. The van der Waals surface area contributed by atoms with E-state index in [9.17, 15) is 9.18 Å². The number of amides is 1. The molecule has 1 N–H and O–H groups in total. The lowest BCUT2D eigenvalue weighted by atomic mass is 10.2. The fraction of sp³-hybridized carbons (Fsp3) is 0.364. The SMILES string of the molecule is CC1CC1NC(=O)c1ccc(Br)cc1F. The van der Waals surface area contributed by atoms with Gasteiger partial charge in [-0.1, -0.05) is 22.9 Å². The van der Waals surface area contributed by atoms with Crippen LogP contribution in [-0.2, 0) is 0 Å². The van der Waals surface area contributed by atoms with Crippen molar-refractivity contribution in [2.45, 2.75) is 19.4 Å². The van der Waals surface area contributed by atoms with Gasteiger partial charge in [-0.25, -0.2) is 4.39 Å². The van der Waals surface area contributed by atoms with Crippen molar-refractivity contribution in [1.29, 1.82) is 0 Å². The zero-order chi connectivity index (χ0) is 11.0. The van der Waals surface area contributed by atoms with E-state index in [1.54, 1.807) is 6.07 Å². The predicted octanol–water partition coefficient (Wildman–Crippen LogP) is 2.73. The third kappa shape index (κ3) is 2.37. The van der Waals surface area contributed by atoms with Crippen LogP contribution in [0.25, 0.3) is 0 Å². The Balaban J connectivity index is 2.11. The highest BCUT2D eigenvalue weighted by Crippen LogP contribution is 2.29. The first-order valence-electron chi connectivity index (χ1n) is 4.84. The number of nitrogens with one attached hydrogen (secondary N) is 1. The average molecular weight is 272 g/mol. The summed E-state index contributed by atoms with van der Waals surface area (Å²) in [6.45, 7) is 2.06. The van der Waals surface area contributed by atoms with Gasteiger partial charge in [0.15, 0.2) is 0 Å². The maximum Gasteiger partial charge on any atom is 0.254 e. The second-order valence-electron chi connectivity index (χ2n) is 3.92. The van der Waals surface area contributed by atoms with E-state index in [0.717, 1.165) is 6.42 Å². The molecule has 80 valence electrons. The van der Waals surface area contributed by atoms with Gasteiger partial charge in [-0.05, 0) is 30.5 Å². The quantitative estimate of drug-likeness (QED) is 0.881. The Labute approximate surface area is 96.0 Å². The monoisotopic (exact) mass is 271 g/mol. The fourth-order valence-electron chi connectivity index (χ4n) is 1.44. The molecule has 0 bridgehead atoms. The van der Waals surface area contributed by atoms with Crippen LogP contribution >= 0.6 is 15.9 Å². The van der Waals surface area contributed by atoms with E-state index in [0.29, 0.717) is 10.4 Å². The molecule has 2 unspecified atom stereocenters. The number of rotatable bonds is 2. The molecule has 0 aliphatic heterocycles. The van der Waals surface area contributed by atoms with Gasteiger partial charge in [-0.3, -0.25) is 4.79 Å². The first-order chi connectivity index (χ1) is 7.08. The maximum absolute atomic E-state index is 13.4. The summed E-state index contributed by atoms with van der Waals surface area (Å²) in [6, 6.07) is 4.67. The Morgan fingerprint density at radius 1 is 1.60 bits per heavy atom. The van der Waals surface area contributed by atoms with Crippen molar-refractivity contribution in [3.05, 3.63) is 34.1 Å². The highest BCUT2D eigenvalue weighted by molar-refractivity contribution is 9.10. The van der Waals surface area contributed by atoms with Crippen molar-refractivity contribution in [2.24, 2.45) is 5.92 Å². The van der Waals surface area contributed by atoms with Crippen LogP contribution in [0.1, 0.15) is 23.7 Å². The molecule has 1 aliphatic rings. The Morgan fingerprint density at radius 2 is 2.27 bits per heavy atom. The van der Waals surface area contributed by atoms with Gasteiger partial charge in [0.2, 0.25) is 0 Å². The molecule has 4 heteroatoms. The molecule has 2 atom stereocenters. The smallest absolute Gasteiger partial charge is 0.254 e. The van der Waals surface area contributed by atoms with Crippen molar-refractivity contribution in [3.63, 3.8) is 0 Å². The van der Waals surface area contributed by atoms with Crippen molar-refractivity contribution < 1.29 is 9.18 Å². The minimum Gasteiger partial charge on any atom is -0.349 e. The van der Waals surface area contributed by atoms with Crippen LogP contribution in [0.5, 0.6) is 0 Å². The standard InChI is InChI=1S/C11H11BrFNO/c1-6-4-10(6)14-11(15)8-3-2-7(12)5-9(8)13/h2-3,5-6,10H,4H2,1H3,(H,14,15). The Morgan fingerprint density at radius 3 is 2.80 bits per heavy atom. The van der Waals surface area contributed by atoms with Crippen LogP contribution in [0.3, 0.4) is 0 Å². The summed E-state index contributed by atoms with van der Waals surface area (Å²) in [6.07, 6.45) is 0.990. The summed E-state index contributed by atoms with van der Waals surface area (Å²) in [4.78, 5) is 11.6. The van der Waals surface area contributed by atoms with E-state index in [4.69, 9.17) is 0 Å². The highest BCUT2D eigenvalue weighted by Gasteiger charge is 2.34. The predicted molar refractivity (Wildman–Crippen MR) is 59.1 cm³/mol. The molecule has 1 aromatic rings. The summed E-state index contributed by atoms with van der Waals surface area (Å²) in [5, 5.41) is 2.79. The highest BCUT2D eigenvalue weighted by atomic mass is 79.9. The number of halogens is 2. The second kappa shape index (κ2) is 3.93. The third-order valence-electron chi connectivity index (χ3n) is 2.60. The van der Waals surface area contributed by atoms with E-state index >= 15 is 0 Å². The number of carbonyl (C=O) groups excluding carboxylic acids is 1.